The zero-order valence-electron chi connectivity index (χ0n) is 10.9. The van der Waals surface area contributed by atoms with E-state index in [0.717, 1.165) is 50.0 Å². The van der Waals surface area contributed by atoms with Gasteiger partial charge in [-0.1, -0.05) is 0 Å². The number of hydrogen-bond acceptors (Lipinski definition) is 3. The van der Waals surface area contributed by atoms with E-state index in [1.54, 1.807) is 0 Å². The molecular weight excluding hydrogens is 242 g/mol. The van der Waals surface area contributed by atoms with Gasteiger partial charge >= 0.3 is 0 Å². The van der Waals surface area contributed by atoms with Crippen LogP contribution in [0.3, 0.4) is 0 Å². The highest BCUT2D eigenvalue weighted by molar-refractivity contribution is 5.94. The maximum absolute atomic E-state index is 12.3. The van der Waals surface area contributed by atoms with E-state index in [-0.39, 0.29) is 11.9 Å². The van der Waals surface area contributed by atoms with Gasteiger partial charge in [-0.2, -0.15) is 5.10 Å². The van der Waals surface area contributed by atoms with E-state index in [4.69, 9.17) is 4.74 Å². The van der Waals surface area contributed by atoms with Gasteiger partial charge in [0.15, 0.2) is 5.69 Å². The molecular formula is C14H19N3O2. The molecule has 2 heterocycles. The number of fused-ring (bicyclic) bond motifs is 2. The van der Waals surface area contributed by atoms with Crippen LogP contribution >= 0.6 is 0 Å². The van der Waals surface area contributed by atoms with E-state index >= 15 is 0 Å². The predicted molar refractivity (Wildman–Crippen MR) is 68.9 cm³/mol. The summed E-state index contributed by atoms with van der Waals surface area (Å²) in [6.07, 6.45) is 6.79. The number of carbonyl (C=O) groups is 1. The topological polar surface area (TPSA) is 67.0 Å². The number of amides is 1. The number of ether oxygens (including phenoxy) is 1. The van der Waals surface area contributed by atoms with Crippen molar-refractivity contribution in [1.29, 1.82) is 0 Å². The van der Waals surface area contributed by atoms with Crippen LogP contribution in [0.25, 0.3) is 0 Å². The second-order valence-corrected chi connectivity index (χ2v) is 5.91. The summed E-state index contributed by atoms with van der Waals surface area (Å²) in [6, 6.07) is 0.288. The van der Waals surface area contributed by atoms with Crippen molar-refractivity contribution in [2.24, 2.45) is 5.92 Å². The Bertz CT molecular complexity index is 511. The molecule has 1 aromatic heterocycles. The fraction of sp³-hybridized carbons (Fsp3) is 0.714. The van der Waals surface area contributed by atoms with Crippen LogP contribution in [0, 0.1) is 5.92 Å². The maximum Gasteiger partial charge on any atom is 0.272 e. The fourth-order valence-electron chi connectivity index (χ4n) is 3.67. The second-order valence-electron chi connectivity index (χ2n) is 5.91. The van der Waals surface area contributed by atoms with Crippen molar-refractivity contribution < 1.29 is 9.53 Å². The van der Waals surface area contributed by atoms with E-state index in [0.29, 0.717) is 17.7 Å². The third-order valence-corrected chi connectivity index (χ3v) is 4.85. The van der Waals surface area contributed by atoms with E-state index in [1.165, 1.54) is 6.42 Å². The third-order valence-electron chi connectivity index (χ3n) is 4.85. The molecule has 0 aromatic carbocycles. The first-order valence-electron chi connectivity index (χ1n) is 7.31. The van der Waals surface area contributed by atoms with Gasteiger partial charge in [0.1, 0.15) is 0 Å². The van der Waals surface area contributed by atoms with Gasteiger partial charge in [0.2, 0.25) is 0 Å². The molecule has 2 fully saturated rings. The van der Waals surface area contributed by atoms with Gasteiger partial charge in [-0.15, -0.1) is 0 Å². The van der Waals surface area contributed by atoms with E-state index in [9.17, 15) is 4.79 Å². The Morgan fingerprint density at radius 1 is 1.37 bits per heavy atom. The molecule has 2 aliphatic carbocycles. The summed E-state index contributed by atoms with van der Waals surface area (Å²) in [5.41, 5.74) is 2.92. The monoisotopic (exact) mass is 261 g/mol. The molecule has 1 saturated heterocycles. The first-order chi connectivity index (χ1) is 9.33. The summed E-state index contributed by atoms with van der Waals surface area (Å²) >= 11 is 0. The summed E-state index contributed by atoms with van der Waals surface area (Å²) in [4.78, 5) is 12.3. The molecule has 5 nitrogen and oxygen atoms in total. The Hall–Kier alpha value is -1.36. The summed E-state index contributed by atoms with van der Waals surface area (Å²) in [7, 11) is 0. The van der Waals surface area contributed by atoms with Crippen molar-refractivity contribution in [2.45, 2.75) is 50.7 Å². The van der Waals surface area contributed by atoms with E-state index in [2.05, 4.69) is 15.5 Å². The van der Waals surface area contributed by atoms with Gasteiger partial charge in [0.05, 0.1) is 6.10 Å². The van der Waals surface area contributed by atoms with Crippen LogP contribution in [0.2, 0.25) is 0 Å². The first kappa shape index (κ1) is 11.5. The third kappa shape index (κ3) is 1.79. The molecule has 0 radical (unpaired) electrons. The quantitative estimate of drug-likeness (QED) is 0.840. The van der Waals surface area contributed by atoms with Gasteiger partial charge < -0.3 is 10.1 Å². The minimum atomic E-state index is -0.00486. The minimum absolute atomic E-state index is 0.00486. The molecule has 1 saturated carbocycles. The first-order valence-corrected chi connectivity index (χ1v) is 7.31. The van der Waals surface area contributed by atoms with Crippen molar-refractivity contribution in [3.63, 3.8) is 0 Å². The lowest BCUT2D eigenvalue weighted by Gasteiger charge is -2.39. The molecule has 3 aliphatic rings. The van der Waals surface area contributed by atoms with Gasteiger partial charge in [-0.25, -0.2) is 0 Å². The summed E-state index contributed by atoms with van der Waals surface area (Å²) in [5.74, 6) is 0.522. The van der Waals surface area contributed by atoms with Crippen LogP contribution in [-0.2, 0) is 17.6 Å². The molecule has 2 N–H and O–H groups in total. The molecule has 1 amide bonds. The lowest BCUT2D eigenvalue weighted by Crippen LogP contribution is -2.53. The molecule has 19 heavy (non-hydrogen) atoms. The average Bonchev–Trinajstić information content (AvgIpc) is 2.99. The van der Waals surface area contributed by atoms with Crippen LogP contribution in [0.15, 0.2) is 0 Å². The standard InChI is InChI=1S/C14H19N3O2/c18-14(15-11-7-12-8(11)5-6-19-12)13-9-3-1-2-4-10(9)16-17-13/h8,11-12H,1-7H2,(H,15,18)(H,16,17)/t8-,11+,12+/m0/s1. The van der Waals surface area contributed by atoms with Gasteiger partial charge in [0, 0.05) is 29.8 Å². The van der Waals surface area contributed by atoms with Crippen molar-refractivity contribution in [3.8, 4) is 0 Å². The molecule has 0 bridgehead atoms. The predicted octanol–water partition coefficient (Wildman–Crippen LogP) is 1.20. The summed E-state index contributed by atoms with van der Waals surface area (Å²) in [5, 5.41) is 10.4. The lowest BCUT2D eigenvalue weighted by atomic mass is 9.76. The van der Waals surface area contributed by atoms with E-state index in [1.807, 2.05) is 0 Å². The lowest BCUT2D eigenvalue weighted by molar-refractivity contribution is 0.00801. The molecule has 0 spiro atoms. The highest BCUT2D eigenvalue weighted by Gasteiger charge is 2.46. The molecule has 4 rings (SSSR count). The van der Waals surface area contributed by atoms with Gasteiger partial charge in [0.25, 0.3) is 5.91 Å². The normalized spacial score (nSPS) is 32.3. The zero-order chi connectivity index (χ0) is 12.8. The van der Waals surface area contributed by atoms with Crippen LogP contribution < -0.4 is 5.32 Å². The molecule has 1 aliphatic heterocycles. The van der Waals surface area contributed by atoms with Crippen molar-refractivity contribution >= 4 is 5.91 Å². The van der Waals surface area contributed by atoms with Crippen LogP contribution in [0.4, 0.5) is 0 Å². The molecule has 3 atom stereocenters. The largest absolute Gasteiger partial charge is 0.378 e. The fourth-order valence-corrected chi connectivity index (χ4v) is 3.67. The van der Waals surface area contributed by atoms with Gasteiger partial charge in [-0.05, 0) is 38.5 Å². The molecule has 1 aromatic rings. The number of H-pyrrole nitrogens is 1. The number of hydrogen-bond donors (Lipinski definition) is 2. The second kappa shape index (κ2) is 4.34. The number of nitrogens with one attached hydrogen (secondary N) is 2. The molecule has 0 unspecified atom stereocenters. The highest BCUT2D eigenvalue weighted by Crippen LogP contribution is 2.38. The van der Waals surface area contributed by atoms with Crippen LogP contribution in [0.1, 0.15) is 47.4 Å². The number of aromatic amines is 1. The Morgan fingerprint density at radius 3 is 3.16 bits per heavy atom. The van der Waals surface area contributed by atoms with Crippen molar-refractivity contribution in [3.05, 3.63) is 17.0 Å². The zero-order valence-corrected chi connectivity index (χ0v) is 10.9. The number of nitrogens with zero attached hydrogens (tertiary/aromatic N) is 1. The van der Waals surface area contributed by atoms with Crippen molar-refractivity contribution in [2.75, 3.05) is 6.61 Å². The Kier molecular flexibility index (Phi) is 2.62. The molecule has 5 heteroatoms. The SMILES string of the molecule is O=C(N[C@@H]1C[C@H]2OCC[C@@H]12)c1n[nH]c2c1CCCC2. The van der Waals surface area contributed by atoms with E-state index < -0.39 is 0 Å². The Morgan fingerprint density at radius 2 is 2.26 bits per heavy atom. The number of rotatable bonds is 2. The summed E-state index contributed by atoms with van der Waals surface area (Å²) < 4.78 is 5.57. The minimum Gasteiger partial charge on any atom is -0.378 e. The smallest absolute Gasteiger partial charge is 0.272 e. The number of carbonyl (C=O) groups excluding carboxylic acids is 1. The van der Waals surface area contributed by atoms with Crippen LogP contribution in [0.5, 0.6) is 0 Å². The number of aromatic nitrogens is 2. The van der Waals surface area contributed by atoms with Gasteiger partial charge in [-0.3, -0.25) is 9.89 Å². The Labute approximate surface area is 112 Å². The summed E-state index contributed by atoms with van der Waals surface area (Å²) in [6.45, 7) is 0.847. The Balaban J connectivity index is 1.47. The van der Waals surface area contributed by atoms with Crippen LogP contribution in [-0.4, -0.2) is 34.9 Å². The number of aryl methyl sites for hydroxylation is 1. The maximum atomic E-state index is 12.3. The average molecular weight is 261 g/mol. The van der Waals surface area contributed by atoms with Crippen molar-refractivity contribution in [1.82, 2.24) is 15.5 Å². The highest BCUT2D eigenvalue weighted by atomic mass is 16.5. The molecule has 102 valence electrons.